The molecule has 1 N–H and O–H groups in total. The summed E-state index contributed by atoms with van der Waals surface area (Å²) >= 11 is 0. The highest BCUT2D eigenvalue weighted by molar-refractivity contribution is 5.94. The van der Waals surface area contributed by atoms with E-state index >= 15 is 0 Å². The number of ether oxygens (including phenoxy) is 1. The summed E-state index contributed by atoms with van der Waals surface area (Å²) in [6, 6.07) is 11.8. The van der Waals surface area contributed by atoms with E-state index in [4.69, 9.17) is 4.74 Å². The third-order valence-electron chi connectivity index (χ3n) is 6.90. The van der Waals surface area contributed by atoms with E-state index in [9.17, 15) is 4.79 Å². The fourth-order valence-corrected chi connectivity index (χ4v) is 4.52. The van der Waals surface area contributed by atoms with Crippen LogP contribution in [0, 0.1) is 0 Å². The van der Waals surface area contributed by atoms with Gasteiger partial charge >= 0.3 is 0 Å². The molecular formula is C32H51IN2O2. The van der Waals surface area contributed by atoms with Crippen molar-refractivity contribution >= 4 is 5.91 Å². The third kappa shape index (κ3) is 13.1. The predicted octanol–water partition coefficient (Wildman–Crippen LogP) is 4.82. The van der Waals surface area contributed by atoms with E-state index in [0.29, 0.717) is 12.1 Å². The molecule has 4 nitrogen and oxygen atoms in total. The van der Waals surface area contributed by atoms with E-state index in [1.54, 1.807) is 0 Å². The van der Waals surface area contributed by atoms with Gasteiger partial charge < -0.3 is 34.0 Å². The number of nitrogens with zero attached hydrogens (tertiary/aromatic N) is 1. The Morgan fingerprint density at radius 3 is 2.03 bits per heavy atom. The molecule has 2 aromatic rings. The zero-order chi connectivity index (χ0) is 26.2. The Balaban J connectivity index is 0.00000684. The molecule has 0 aliphatic heterocycles. The van der Waals surface area contributed by atoms with E-state index in [-0.39, 0.29) is 35.3 Å². The van der Waals surface area contributed by atoms with Crippen molar-refractivity contribution in [1.29, 1.82) is 0 Å². The van der Waals surface area contributed by atoms with Gasteiger partial charge in [0.2, 0.25) is 0 Å². The number of amides is 1. The average Bonchev–Trinajstić information content (AvgIpc) is 2.85. The Bertz CT molecular complexity index is 908. The SMILES string of the molecule is CCCCCCCCCCCCCCOc1ccc(C(=O)NCc2cccc[n+]2C)cc1C(C)(C)C.[I-]. The summed E-state index contributed by atoms with van der Waals surface area (Å²) in [5.74, 6) is 0.841. The van der Waals surface area contributed by atoms with Crippen molar-refractivity contribution in [3.63, 3.8) is 0 Å². The molecule has 0 saturated carbocycles. The van der Waals surface area contributed by atoms with E-state index in [2.05, 4.69) is 33.0 Å². The standard InChI is InChI=1S/C32H50N2O2.HI/c1-6-7-8-9-10-11-12-13-14-15-16-19-24-36-30-22-21-27(25-29(30)32(2,3)4)31(35)33-26-28-20-17-18-23-34(28)5;/h17-18,20-23,25H,6-16,19,24,26H2,1-5H3;1H. The van der Waals surface area contributed by atoms with Crippen molar-refractivity contribution < 1.29 is 38.1 Å². The van der Waals surface area contributed by atoms with Gasteiger partial charge in [-0.05, 0) is 30.0 Å². The first kappa shape index (κ1) is 33.4. The van der Waals surface area contributed by atoms with Gasteiger partial charge in [-0.2, -0.15) is 0 Å². The van der Waals surface area contributed by atoms with Gasteiger partial charge in [-0.1, -0.05) is 104 Å². The lowest BCUT2D eigenvalue weighted by molar-refractivity contribution is -0.679. The number of rotatable bonds is 17. The number of pyridine rings is 1. The average molecular weight is 623 g/mol. The molecule has 1 aromatic heterocycles. The van der Waals surface area contributed by atoms with Crippen LogP contribution in [0.5, 0.6) is 5.75 Å². The lowest BCUT2D eigenvalue weighted by Crippen LogP contribution is -3.00. The molecule has 0 fully saturated rings. The van der Waals surface area contributed by atoms with Gasteiger partial charge in [-0.25, -0.2) is 4.57 Å². The topological polar surface area (TPSA) is 42.2 Å². The van der Waals surface area contributed by atoms with E-state index in [0.717, 1.165) is 30.0 Å². The van der Waals surface area contributed by atoms with Gasteiger partial charge in [0, 0.05) is 23.3 Å². The van der Waals surface area contributed by atoms with Gasteiger partial charge in [-0.3, -0.25) is 4.79 Å². The van der Waals surface area contributed by atoms with Crippen molar-refractivity contribution in [3.8, 4) is 5.75 Å². The molecule has 0 radical (unpaired) electrons. The Kier molecular flexibility index (Phi) is 16.8. The van der Waals surface area contributed by atoms with Crippen LogP contribution in [-0.2, 0) is 19.0 Å². The molecule has 0 bridgehead atoms. The highest BCUT2D eigenvalue weighted by atomic mass is 127. The van der Waals surface area contributed by atoms with Crippen LogP contribution in [0.25, 0.3) is 0 Å². The highest BCUT2D eigenvalue weighted by Crippen LogP contribution is 2.32. The number of carbonyl (C=O) groups is 1. The molecule has 2 rings (SSSR count). The molecule has 0 aliphatic carbocycles. The minimum Gasteiger partial charge on any atom is -1.00 e. The number of carbonyl (C=O) groups excluding carboxylic acids is 1. The van der Waals surface area contributed by atoms with Crippen LogP contribution in [-0.4, -0.2) is 12.5 Å². The minimum absolute atomic E-state index is 0. The second-order valence-corrected chi connectivity index (χ2v) is 11.2. The molecule has 208 valence electrons. The molecule has 0 unspecified atom stereocenters. The Morgan fingerprint density at radius 2 is 1.46 bits per heavy atom. The second-order valence-electron chi connectivity index (χ2n) is 11.2. The second kappa shape index (κ2) is 18.6. The van der Waals surface area contributed by atoms with Crippen LogP contribution in [0.3, 0.4) is 0 Å². The number of aromatic nitrogens is 1. The lowest BCUT2D eigenvalue weighted by Gasteiger charge is -2.23. The van der Waals surface area contributed by atoms with Crippen molar-refractivity contribution in [3.05, 3.63) is 59.4 Å². The highest BCUT2D eigenvalue weighted by Gasteiger charge is 2.21. The monoisotopic (exact) mass is 622 g/mol. The maximum Gasteiger partial charge on any atom is 0.251 e. The quantitative estimate of drug-likeness (QED) is 0.156. The molecule has 5 heteroatoms. The largest absolute Gasteiger partial charge is 1.00 e. The molecule has 0 spiro atoms. The number of hydrogen-bond acceptors (Lipinski definition) is 2. The molecule has 37 heavy (non-hydrogen) atoms. The smallest absolute Gasteiger partial charge is 0.251 e. The Morgan fingerprint density at radius 1 is 0.865 bits per heavy atom. The lowest BCUT2D eigenvalue weighted by atomic mass is 9.85. The molecule has 1 amide bonds. The summed E-state index contributed by atoms with van der Waals surface area (Å²) < 4.78 is 8.22. The summed E-state index contributed by atoms with van der Waals surface area (Å²) in [6.45, 7) is 10.0. The number of benzene rings is 1. The predicted molar refractivity (Wildman–Crippen MR) is 151 cm³/mol. The van der Waals surface area contributed by atoms with Crippen LogP contribution in [0.1, 0.15) is 126 Å². The van der Waals surface area contributed by atoms with Gasteiger partial charge in [0.25, 0.3) is 5.91 Å². The third-order valence-corrected chi connectivity index (χ3v) is 6.90. The Hall–Kier alpha value is -1.63. The summed E-state index contributed by atoms with van der Waals surface area (Å²) in [5, 5.41) is 3.05. The van der Waals surface area contributed by atoms with Crippen LogP contribution in [0.2, 0.25) is 0 Å². The zero-order valence-electron chi connectivity index (χ0n) is 24.1. The van der Waals surface area contributed by atoms with E-state index < -0.39 is 0 Å². The molecule has 0 aliphatic rings. The first-order valence-electron chi connectivity index (χ1n) is 14.3. The van der Waals surface area contributed by atoms with Crippen molar-refractivity contribution in [2.75, 3.05) is 6.61 Å². The molecule has 1 aromatic carbocycles. The van der Waals surface area contributed by atoms with E-state index in [1.165, 1.54) is 70.6 Å². The fraction of sp³-hybridized carbons (Fsp3) is 0.625. The van der Waals surface area contributed by atoms with Gasteiger partial charge in [-0.15, -0.1) is 0 Å². The first-order valence-corrected chi connectivity index (χ1v) is 14.3. The number of unbranched alkanes of at least 4 members (excludes halogenated alkanes) is 11. The molecular weight excluding hydrogens is 571 g/mol. The zero-order valence-corrected chi connectivity index (χ0v) is 26.2. The minimum atomic E-state index is -0.103. The number of halogens is 1. The van der Waals surface area contributed by atoms with Crippen LogP contribution in [0.15, 0.2) is 42.6 Å². The van der Waals surface area contributed by atoms with Crippen LogP contribution in [0.4, 0.5) is 0 Å². The Labute approximate surface area is 244 Å². The van der Waals surface area contributed by atoms with Gasteiger partial charge in [0.05, 0.1) is 6.61 Å². The fourth-order valence-electron chi connectivity index (χ4n) is 4.52. The van der Waals surface area contributed by atoms with Gasteiger partial charge in [0.15, 0.2) is 11.9 Å². The maximum atomic E-state index is 12.8. The molecule has 0 atom stereocenters. The van der Waals surface area contributed by atoms with Crippen LogP contribution >= 0.6 is 0 Å². The summed E-state index contributed by atoms with van der Waals surface area (Å²) in [6.07, 6.45) is 18.1. The number of aryl methyl sites for hydroxylation is 1. The maximum absolute atomic E-state index is 12.8. The molecule has 0 saturated heterocycles. The van der Waals surface area contributed by atoms with Crippen LogP contribution < -0.4 is 38.6 Å². The van der Waals surface area contributed by atoms with Crippen molar-refractivity contribution in [2.45, 2.75) is 117 Å². The van der Waals surface area contributed by atoms with Crippen molar-refractivity contribution in [1.82, 2.24) is 5.32 Å². The number of hydrogen-bond donors (Lipinski definition) is 1. The van der Waals surface area contributed by atoms with E-state index in [1.807, 2.05) is 54.2 Å². The summed E-state index contributed by atoms with van der Waals surface area (Å²) in [7, 11) is 1.99. The first-order chi connectivity index (χ1) is 17.3. The molecule has 1 heterocycles. The number of nitrogens with one attached hydrogen (secondary N) is 1. The normalized spacial score (nSPS) is 11.2. The van der Waals surface area contributed by atoms with Gasteiger partial charge in [0.1, 0.15) is 19.3 Å². The summed E-state index contributed by atoms with van der Waals surface area (Å²) in [5.41, 5.74) is 2.72. The summed E-state index contributed by atoms with van der Waals surface area (Å²) in [4.78, 5) is 12.8. The van der Waals surface area contributed by atoms with Crippen molar-refractivity contribution in [2.24, 2.45) is 7.05 Å².